The molecular formula is C33H35ClFN5O2. The molecule has 2 N–H and O–H groups in total. The van der Waals surface area contributed by atoms with Crippen molar-refractivity contribution < 1.29 is 14.2 Å². The molecule has 2 unspecified atom stereocenters. The maximum Gasteiger partial charge on any atom is 0.319 e. The normalized spacial score (nSPS) is 24.5. The summed E-state index contributed by atoms with van der Waals surface area (Å²) in [5, 5.41) is 16.6. The van der Waals surface area contributed by atoms with Crippen molar-refractivity contribution in [3.63, 3.8) is 0 Å². The van der Waals surface area contributed by atoms with Crippen molar-refractivity contribution in [2.24, 2.45) is 0 Å². The van der Waals surface area contributed by atoms with Gasteiger partial charge < -0.3 is 20.1 Å². The number of benzene rings is 3. The molecule has 5 aliphatic rings. The molecule has 1 aromatic heterocycles. The highest BCUT2D eigenvalue weighted by Crippen LogP contribution is 2.43. The fraction of sp³-hybridized carbons (Fsp3) is 0.455. The third-order valence-corrected chi connectivity index (χ3v) is 9.96. The standard InChI is InChI=1S/C33H35ClFN5O2/c34-28-15-27-31(30(35)29(28)26-14-24(41)13-19-5-1-2-9-25(19)26)37-33(42-18-23-8-4-12-39(23)21-10-11-21)38-32(27)40-17-20-6-3-7-22(40)16-36-20/h1-2,5,9,13-15,20-23,36,41H,3-4,6-8,10-12,16-18H2/t20?,22?,23-/m0/s1. The van der Waals surface area contributed by atoms with Gasteiger partial charge >= 0.3 is 6.01 Å². The Morgan fingerprint density at radius 1 is 1.00 bits per heavy atom. The van der Waals surface area contributed by atoms with Crippen molar-refractivity contribution in [3.8, 4) is 22.9 Å². The predicted octanol–water partition coefficient (Wildman–Crippen LogP) is 6.28. The van der Waals surface area contributed by atoms with Crippen molar-refractivity contribution in [1.82, 2.24) is 20.2 Å². The van der Waals surface area contributed by atoms with E-state index < -0.39 is 5.82 Å². The molecule has 9 heteroatoms. The first-order valence-electron chi connectivity index (χ1n) is 15.3. The number of hydrogen-bond donors (Lipinski definition) is 2. The quantitative estimate of drug-likeness (QED) is 0.275. The van der Waals surface area contributed by atoms with Crippen LogP contribution in [0.3, 0.4) is 0 Å². The van der Waals surface area contributed by atoms with E-state index in [1.807, 2.05) is 24.3 Å². The van der Waals surface area contributed by atoms with E-state index in [0.29, 0.717) is 41.5 Å². The van der Waals surface area contributed by atoms with Crippen LogP contribution in [0.15, 0.2) is 42.5 Å². The molecule has 9 rings (SSSR count). The second-order valence-electron chi connectivity index (χ2n) is 12.4. The molecule has 0 radical (unpaired) electrons. The van der Waals surface area contributed by atoms with Crippen LogP contribution in [0.1, 0.15) is 44.9 Å². The summed E-state index contributed by atoms with van der Waals surface area (Å²) < 4.78 is 23.2. The number of piperazine rings is 1. The number of aromatic nitrogens is 2. The molecule has 42 heavy (non-hydrogen) atoms. The molecule has 5 heterocycles. The van der Waals surface area contributed by atoms with Crippen LogP contribution in [-0.2, 0) is 0 Å². The number of ether oxygens (including phenoxy) is 1. The summed E-state index contributed by atoms with van der Waals surface area (Å²) in [6, 6.07) is 14.5. The third kappa shape index (κ3) is 4.64. The van der Waals surface area contributed by atoms with Gasteiger partial charge in [-0.3, -0.25) is 4.90 Å². The number of phenols is 1. The van der Waals surface area contributed by atoms with E-state index in [9.17, 15) is 5.11 Å². The zero-order valence-corrected chi connectivity index (χ0v) is 24.3. The Kier molecular flexibility index (Phi) is 6.61. The Hall–Kier alpha value is -3.20. The number of anilines is 1. The molecular weight excluding hydrogens is 553 g/mol. The van der Waals surface area contributed by atoms with E-state index in [-0.39, 0.29) is 33.9 Å². The summed E-state index contributed by atoms with van der Waals surface area (Å²) >= 11 is 6.91. The highest BCUT2D eigenvalue weighted by atomic mass is 35.5. The van der Waals surface area contributed by atoms with Crippen LogP contribution >= 0.6 is 11.6 Å². The topological polar surface area (TPSA) is 73.8 Å². The summed E-state index contributed by atoms with van der Waals surface area (Å²) in [6.45, 7) is 3.27. The minimum absolute atomic E-state index is 0.0523. The van der Waals surface area contributed by atoms with Gasteiger partial charge in [-0.2, -0.15) is 9.97 Å². The van der Waals surface area contributed by atoms with Crippen molar-refractivity contribution in [2.45, 2.75) is 69.1 Å². The first-order valence-corrected chi connectivity index (χ1v) is 15.7. The monoisotopic (exact) mass is 587 g/mol. The van der Waals surface area contributed by atoms with E-state index in [4.69, 9.17) is 26.3 Å². The number of rotatable bonds is 6. The van der Waals surface area contributed by atoms with Gasteiger partial charge in [0, 0.05) is 48.2 Å². The molecule has 0 spiro atoms. The first-order chi connectivity index (χ1) is 20.5. The zero-order chi connectivity index (χ0) is 28.4. The Balaban J connectivity index is 1.27. The van der Waals surface area contributed by atoms with E-state index in [1.165, 1.54) is 19.3 Å². The van der Waals surface area contributed by atoms with Gasteiger partial charge in [-0.25, -0.2) is 4.39 Å². The average Bonchev–Trinajstić information content (AvgIpc) is 3.80. The number of halogens is 2. The molecule has 4 saturated heterocycles. The van der Waals surface area contributed by atoms with E-state index in [0.717, 1.165) is 56.1 Å². The van der Waals surface area contributed by atoms with Crippen molar-refractivity contribution >= 4 is 39.1 Å². The Morgan fingerprint density at radius 3 is 2.76 bits per heavy atom. The number of phenolic OH excluding ortho intramolecular Hbond substituents is 1. The van der Waals surface area contributed by atoms with Gasteiger partial charge in [0.1, 0.15) is 23.7 Å². The van der Waals surface area contributed by atoms with Gasteiger partial charge in [0.2, 0.25) is 0 Å². The Morgan fingerprint density at radius 2 is 1.88 bits per heavy atom. The van der Waals surface area contributed by atoms with Gasteiger partial charge in [0.05, 0.1) is 5.02 Å². The van der Waals surface area contributed by atoms with Crippen LogP contribution in [-0.4, -0.2) is 70.4 Å². The number of fused-ring (bicyclic) bond motifs is 6. The van der Waals surface area contributed by atoms with Gasteiger partial charge in [-0.15, -0.1) is 0 Å². The SMILES string of the molecule is Oc1cc(-c2c(Cl)cc3c(N4CC5CCCC4CN5)nc(OC[C@@H]4CCCN4C4CC4)nc3c2F)c2ccccc2c1. The lowest BCUT2D eigenvalue weighted by molar-refractivity contribution is 0.159. The van der Waals surface area contributed by atoms with Crippen molar-refractivity contribution in [3.05, 3.63) is 53.3 Å². The molecule has 0 amide bonds. The maximum atomic E-state index is 16.8. The molecule has 2 bridgehead atoms. The lowest BCUT2D eigenvalue weighted by atomic mass is 9.96. The fourth-order valence-electron chi connectivity index (χ4n) is 7.46. The maximum absolute atomic E-state index is 16.8. The van der Waals surface area contributed by atoms with Crippen LogP contribution in [0, 0.1) is 5.82 Å². The molecule has 1 aliphatic carbocycles. The first kappa shape index (κ1) is 26.4. The van der Waals surface area contributed by atoms with Crippen LogP contribution < -0.4 is 15.0 Å². The van der Waals surface area contributed by atoms with Gasteiger partial charge in [0.15, 0.2) is 5.82 Å². The zero-order valence-electron chi connectivity index (χ0n) is 23.5. The smallest absolute Gasteiger partial charge is 0.319 e. The van der Waals surface area contributed by atoms with Gasteiger partial charge in [-0.05, 0) is 86.0 Å². The summed E-state index contributed by atoms with van der Waals surface area (Å²) in [5.74, 6) is 0.212. The molecule has 5 fully saturated rings. The second-order valence-corrected chi connectivity index (χ2v) is 12.8. The Labute approximate surface area is 249 Å². The van der Waals surface area contributed by atoms with Crippen LogP contribution in [0.5, 0.6) is 11.8 Å². The largest absolute Gasteiger partial charge is 0.508 e. The molecule has 4 aliphatic heterocycles. The second kappa shape index (κ2) is 10.5. The highest BCUT2D eigenvalue weighted by Gasteiger charge is 2.38. The Bertz CT molecular complexity index is 1680. The van der Waals surface area contributed by atoms with Gasteiger partial charge in [-0.1, -0.05) is 35.9 Å². The minimum atomic E-state index is -0.527. The molecule has 7 nitrogen and oxygen atoms in total. The number of aromatic hydroxyl groups is 1. The molecule has 1 saturated carbocycles. The lowest BCUT2D eigenvalue weighted by Gasteiger charge is -2.38. The third-order valence-electron chi connectivity index (χ3n) is 9.66. The molecule has 3 aromatic carbocycles. The van der Waals surface area contributed by atoms with Crippen molar-refractivity contribution in [1.29, 1.82) is 0 Å². The van der Waals surface area contributed by atoms with Crippen LogP contribution in [0.25, 0.3) is 32.8 Å². The number of nitrogens with one attached hydrogen (secondary N) is 1. The predicted molar refractivity (Wildman–Crippen MR) is 164 cm³/mol. The van der Waals surface area contributed by atoms with Gasteiger partial charge in [0.25, 0.3) is 0 Å². The summed E-state index contributed by atoms with van der Waals surface area (Å²) in [5.41, 5.74) is 0.948. The molecule has 3 atom stereocenters. The van der Waals surface area contributed by atoms with E-state index in [1.54, 1.807) is 18.2 Å². The van der Waals surface area contributed by atoms with E-state index >= 15 is 4.39 Å². The lowest BCUT2D eigenvalue weighted by Crippen LogP contribution is -2.54. The highest BCUT2D eigenvalue weighted by molar-refractivity contribution is 6.35. The van der Waals surface area contributed by atoms with E-state index in [2.05, 4.69) is 15.1 Å². The molecule has 4 aromatic rings. The summed E-state index contributed by atoms with van der Waals surface area (Å²) in [4.78, 5) is 14.5. The number of hydrogen-bond acceptors (Lipinski definition) is 7. The molecule has 218 valence electrons. The summed E-state index contributed by atoms with van der Waals surface area (Å²) in [7, 11) is 0. The van der Waals surface area contributed by atoms with Crippen LogP contribution in [0.4, 0.5) is 10.2 Å². The van der Waals surface area contributed by atoms with Crippen molar-refractivity contribution in [2.75, 3.05) is 31.1 Å². The van der Waals surface area contributed by atoms with Crippen LogP contribution in [0.2, 0.25) is 5.02 Å². The number of likely N-dealkylation sites (tertiary alicyclic amines) is 1. The average molecular weight is 588 g/mol. The minimum Gasteiger partial charge on any atom is -0.508 e. The summed E-state index contributed by atoms with van der Waals surface area (Å²) in [6.07, 6.45) is 8.10. The number of nitrogens with zero attached hydrogens (tertiary/aromatic N) is 4. The fourth-order valence-corrected chi connectivity index (χ4v) is 7.75.